The third-order valence-corrected chi connectivity index (χ3v) is 4.45. The Bertz CT molecular complexity index is 672. The number of aromatic nitrogens is 3. The average molecular weight is 283 g/mol. The summed E-state index contributed by atoms with van der Waals surface area (Å²) in [4.78, 5) is 11.9. The molecular weight excluding hydrogens is 266 g/mol. The Morgan fingerprint density at radius 1 is 1.30 bits per heavy atom. The van der Waals surface area contributed by atoms with E-state index in [0.29, 0.717) is 0 Å². The van der Waals surface area contributed by atoms with Crippen molar-refractivity contribution >= 4 is 11.3 Å². The fourth-order valence-corrected chi connectivity index (χ4v) is 3.11. The number of nitrogens with zero attached hydrogens (tertiary/aromatic N) is 2. The molecule has 0 aliphatic carbocycles. The number of nitrogens with one attached hydrogen (secondary N) is 1. The molecule has 1 atom stereocenters. The molecule has 0 aliphatic rings. The van der Waals surface area contributed by atoms with Crippen LogP contribution < -0.4 is 0 Å². The number of hydrogen-bond acceptors (Lipinski definition) is 3. The number of H-pyrrole nitrogens is 1. The van der Waals surface area contributed by atoms with Crippen molar-refractivity contribution in [2.75, 3.05) is 0 Å². The van der Waals surface area contributed by atoms with Crippen LogP contribution in [0.5, 0.6) is 0 Å². The van der Waals surface area contributed by atoms with Crippen LogP contribution >= 0.6 is 11.3 Å². The van der Waals surface area contributed by atoms with Gasteiger partial charge in [-0.15, -0.1) is 11.3 Å². The van der Waals surface area contributed by atoms with Crippen molar-refractivity contribution in [1.82, 2.24) is 15.0 Å². The number of thiazole rings is 1. The van der Waals surface area contributed by atoms with Crippen LogP contribution in [0.15, 0.2) is 41.6 Å². The van der Waals surface area contributed by atoms with E-state index >= 15 is 0 Å². The second kappa shape index (κ2) is 5.59. The monoisotopic (exact) mass is 283 g/mol. The average Bonchev–Trinajstić information content (AvgIpc) is 3.11. The van der Waals surface area contributed by atoms with E-state index in [-0.39, 0.29) is 5.92 Å². The van der Waals surface area contributed by atoms with Gasteiger partial charge in [-0.3, -0.25) is 0 Å². The van der Waals surface area contributed by atoms with E-state index in [0.717, 1.165) is 17.8 Å². The Morgan fingerprint density at radius 2 is 2.20 bits per heavy atom. The summed E-state index contributed by atoms with van der Waals surface area (Å²) < 4.78 is 0. The highest BCUT2D eigenvalue weighted by Crippen LogP contribution is 2.30. The lowest BCUT2D eigenvalue weighted by Gasteiger charge is -2.18. The van der Waals surface area contributed by atoms with Crippen molar-refractivity contribution in [3.63, 3.8) is 0 Å². The fourth-order valence-electron chi connectivity index (χ4n) is 2.54. The Labute approximate surface area is 122 Å². The van der Waals surface area contributed by atoms with Crippen LogP contribution in [0.3, 0.4) is 0 Å². The van der Waals surface area contributed by atoms with Gasteiger partial charge in [0, 0.05) is 29.6 Å². The van der Waals surface area contributed by atoms with Gasteiger partial charge in [0.15, 0.2) is 0 Å². The number of hydrogen-bond donors (Lipinski definition) is 1. The van der Waals surface area contributed by atoms with E-state index < -0.39 is 0 Å². The molecule has 0 unspecified atom stereocenters. The molecule has 4 heteroatoms. The maximum atomic E-state index is 4.43. The van der Waals surface area contributed by atoms with Gasteiger partial charge in [0.25, 0.3) is 0 Å². The van der Waals surface area contributed by atoms with E-state index in [4.69, 9.17) is 0 Å². The highest BCUT2D eigenvalue weighted by atomic mass is 32.1. The number of benzene rings is 1. The minimum absolute atomic E-state index is 0.277. The molecule has 3 rings (SSSR count). The summed E-state index contributed by atoms with van der Waals surface area (Å²) in [6.07, 6.45) is 4.56. The summed E-state index contributed by atoms with van der Waals surface area (Å²) >= 11 is 1.64. The van der Waals surface area contributed by atoms with Crippen LogP contribution in [0.1, 0.15) is 34.0 Å². The van der Waals surface area contributed by atoms with Crippen molar-refractivity contribution in [1.29, 1.82) is 0 Å². The minimum atomic E-state index is 0.277. The first kappa shape index (κ1) is 13.1. The van der Waals surface area contributed by atoms with Gasteiger partial charge in [-0.1, -0.05) is 18.2 Å². The number of aromatic amines is 1. The van der Waals surface area contributed by atoms with Gasteiger partial charge in [0.1, 0.15) is 0 Å². The van der Waals surface area contributed by atoms with E-state index in [2.05, 4.69) is 52.4 Å². The molecule has 0 aliphatic heterocycles. The Kier molecular flexibility index (Phi) is 3.65. The third kappa shape index (κ3) is 2.51. The summed E-state index contributed by atoms with van der Waals surface area (Å²) in [6, 6.07) is 6.49. The predicted octanol–water partition coefficient (Wildman–Crippen LogP) is 3.86. The lowest BCUT2D eigenvalue weighted by molar-refractivity contribution is 0.759. The fraction of sp³-hybridized carbons (Fsp3) is 0.250. The molecule has 0 amide bonds. The summed E-state index contributed by atoms with van der Waals surface area (Å²) in [5.74, 6) is 0.277. The van der Waals surface area contributed by atoms with Gasteiger partial charge in [-0.05, 0) is 30.5 Å². The van der Waals surface area contributed by atoms with Crippen LogP contribution in [0.25, 0.3) is 0 Å². The molecule has 20 heavy (non-hydrogen) atoms. The van der Waals surface area contributed by atoms with Crippen molar-refractivity contribution in [2.45, 2.75) is 26.2 Å². The van der Waals surface area contributed by atoms with E-state index in [1.165, 1.54) is 16.7 Å². The standard InChI is InChI=1S/C16H17N3S/c1-11-4-3-5-14(12(11)2)15(16-7-17-9-18-16)6-13-8-20-10-19-13/h3-5,7-10,15H,6H2,1-2H3,(H,17,18)/t15-/m0/s1. The number of imidazole rings is 1. The van der Waals surface area contributed by atoms with E-state index in [1.807, 2.05) is 11.7 Å². The van der Waals surface area contributed by atoms with Gasteiger partial charge < -0.3 is 4.98 Å². The molecule has 1 N–H and O–H groups in total. The van der Waals surface area contributed by atoms with Crippen LogP contribution in [0.4, 0.5) is 0 Å². The first-order chi connectivity index (χ1) is 9.75. The van der Waals surface area contributed by atoms with Gasteiger partial charge >= 0.3 is 0 Å². The molecule has 0 spiro atoms. The zero-order valence-corrected chi connectivity index (χ0v) is 12.4. The van der Waals surface area contributed by atoms with Crippen LogP contribution in [-0.4, -0.2) is 15.0 Å². The second-order valence-corrected chi connectivity index (χ2v) is 5.75. The summed E-state index contributed by atoms with van der Waals surface area (Å²) in [6.45, 7) is 4.35. The zero-order chi connectivity index (χ0) is 13.9. The topological polar surface area (TPSA) is 41.6 Å². The smallest absolute Gasteiger partial charge is 0.0921 e. The van der Waals surface area contributed by atoms with Crippen molar-refractivity contribution in [2.24, 2.45) is 0 Å². The van der Waals surface area contributed by atoms with Crippen molar-refractivity contribution < 1.29 is 0 Å². The highest BCUT2D eigenvalue weighted by molar-refractivity contribution is 7.07. The number of aryl methyl sites for hydroxylation is 1. The summed E-state index contributed by atoms with van der Waals surface area (Å²) in [7, 11) is 0. The van der Waals surface area contributed by atoms with Gasteiger partial charge in [-0.2, -0.15) is 0 Å². The molecular formula is C16H17N3S. The number of rotatable bonds is 4. The molecule has 0 radical (unpaired) electrons. The largest absolute Gasteiger partial charge is 0.348 e. The molecule has 3 aromatic rings. The lowest BCUT2D eigenvalue weighted by atomic mass is 9.87. The van der Waals surface area contributed by atoms with Crippen molar-refractivity contribution in [3.8, 4) is 0 Å². The molecule has 0 saturated carbocycles. The summed E-state index contributed by atoms with van der Waals surface area (Å²) in [5, 5.41) is 2.12. The molecule has 0 bridgehead atoms. The molecule has 0 saturated heterocycles. The maximum absolute atomic E-state index is 4.43. The third-order valence-electron chi connectivity index (χ3n) is 3.81. The quantitative estimate of drug-likeness (QED) is 0.790. The molecule has 1 aromatic carbocycles. The minimum Gasteiger partial charge on any atom is -0.348 e. The van der Waals surface area contributed by atoms with Crippen LogP contribution in [0.2, 0.25) is 0 Å². The normalized spacial score (nSPS) is 12.5. The van der Waals surface area contributed by atoms with E-state index in [1.54, 1.807) is 17.7 Å². The molecule has 0 fully saturated rings. The maximum Gasteiger partial charge on any atom is 0.0921 e. The zero-order valence-electron chi connectivity index (χ0n) is 11.6. The first-order valence-corrected chi connectivity index (χ1v) is 7.61. The van der Waals surface area contributed by atoms with Gasteiger partial charge in [0.05, 0.1) is 17.5 Å². The van der Waals surface area contributed by atoms with Gasteiger partial charge in [0.2, 0.25) is 0 Å². The molecule has 3 nitrogen and oxygen atoms in total. The second-order valence-electron chi connectivity index (χ2n) is 5.03. The van der Waals surface area contributed by atoms with Crippen LogP contribution in [0, 0.1) is 13.8 Å². The summed E-state index contributed by atoms with van der Waals surface area (Å²) in [5.41, 5.74) is 8.19. The van der Waals surface area contributed by atoms with Gasteiger partial charge in [-0.25, -0.2) is 9.97 Å². The molecule has 2 aromatic heterocycles. The molecule has 2 heterocycles. The Balaban J connectivity index is 2.03. The molecule has 102 valence electrons. The Hall–Kier alpha value is -1.94. The SMILES string of the molecule is Cc1cccc([C@H](Cc2cscn2)c2cnc[nH]2)c1C. The van der Waals surface area contributed by atoms with E-state index in [9.17, 15) is 0 Å². The van der Waals surface area contributed by atoms with Crippen LogP contribution in [-0.2, 0) is 6.42 Å². The first-order valence-electron chi connectivity index (χ1n) is 6.67. The lowest BCUT2D eigenvalue weighted by Crippen LogP contribution is -2.08. The Morgan fingerprint density at radius 3 is 2.90 bits per heavy atom. The predicted molar refractivity (Wildman–Crippen MR) is 82.2 cm³/mol. The highest BCUT2D eigenvalue weighted by Gasteiger charge is 2.19. The van der Waals surface area contributed by atoms with Crippen molar-refractivity contribution in [3.05, 3.63) is 69.7 Å².